The summed E-state index contributed by atoms with van der Waals surface area (Å²) in [5.41, 5.74) is 2.86. The Bertz CT molecular complexity index is 1320. The molecule has 4 aromatic heterocycles. The lowest BCUT2D eigenvalue weighted by molar-refractivity contribution is -0.0137. The van der Waals surface area contributed by atoms with E-state index in [1.165, 1.54) is 0 Å². The standard InChI is InChI=1S/C23H28N8O/c1-14-15(2)26-19-11-18(20-24-7-9-28(20)3)27-31(19)21(14)30-16-5-6-17(30)13-23(32,12-16)22-25-8-10-29(22)4/h7-11,16-17,32H,5-6,12-13H2,1-4H3/t16-,17-/m0/s1. The highest BCUT2D eigenvalue weighted by molar-refractivity contribution is 5.64. The number of aliphatic hydroxyl groups is 1. The molecule has 9 heteroatoms. The van der Waals surface area contributed by atoms with Crippen molar-refractivity contribution in [2.45, 2.75) is 57.2 Å². The van der Waals surface area contributed by atoms with Crippen LogP contribution in [0.4, 0.5) is 5.82 Å². The summed E-state index contributed by atoms with van der Waals surface area (Å²) in [4.78, 5) is 16.3. The van der Waals surface area contributed by atoms with Crippen molar-refractivity contribution in [3.8, 4) is 11.5 Å². The van der Waals surface area contributed by atoms with Crippen molar-refractivity contribution in [2.24, 2.45) is 14.1 Å². The lowest BCUT2D eigenvalue weighted by Gasteiger charge is -2.44. The molecule has 2 saturated heterocycles. The average Bonchev–Trinajstić information content (AvgIpc) is 3.51. The topological polar surface area (TPSA) is 89.3 Å². The Morgan fingerprint density at radius 2 is 1.69 bits per heavy atom. The minimum Gasteiger partial charge on any atom is -0.382 e. The van der Waals surface area contributed by atoms with Crippen LogP contribution in [0.25, 0.3) is 17.2 Å². The highest BCUT2D eigenvalue weighted by atomic mass is 16.3. The van der Waals surface area contributed by atoms with Crippen LogP contribution in [0.1, 0.15) is 42.8 Å². The molecule has 4 aromatic rings. The summed E-state index contributed by atoms with van der Waals surface area (Å²) in [6.45, 7) is 4.18. The SMILES string of the molecule is Cc1nc2cc(-c3nccn3C)nn2c(N2[C@H]3CC[C@H]2CC(O)(c2nccn2C)C3)c1C. The van der Waals surface area contributed by atoms with Crippen LogP contribution < -0.4 is 4.90 Å². The summed E-state index contributed by atoms with van der Waals surface area (Å²) in [5.74, 6) is 2.67. The van der Waals surface area contributed by atoms with Gasteiger partial charge in [0.15, 0.2) is 11.5 Å². The zero-order chi connectivity index (χ0) is 22.2. The van der Waals surface area contributed by atoms with Gasteiger partial charge >= 0.3 is 0 Å². The lowest BCUT2D eigenvalue weighted by atomic mass is 9.85. The van der Waals surface area contributed by atoms with Gasteiger partial charge in [0.25, 0.3) is 0 Å². The summed E-state index contributed by atoms with van der Waals surface area (Å²) in [7, 11) is 3.93. The quantitative estimate of drug-likeness (QED) is 0.535. The predicted molar refractivity (Wildman–Crippen MR) is 120 cm³/mol. The van der Waals surface area contributed by atoms with Crippen molar-refractivity contribution in [1.29, 1.82) is 0 Å². The van der Waals surface area contributed by atoms with Gasteiger partial charge in [0, 0.05) is 81.1 Å². The van der Waals surface area contributed by atoms with Crippen LogP contribution >= 0.6 is 0 Å². The van der Waals surface area contributed by atoms with E-state index in [0.717, 1.165) is 52.9 Å². The summed E-state index contributed by atoms with van der Waals surface area (Å²) in [5, 5.41) is 16.5. The number of rotatable bonds is 3. The largest absolute Gasteiger partial charge is 0.382 e. The Morgan fingerprint density at radius 1 is 1.00 bits per heavy atom. The molecule has 6 rings (SSSR count). The van der Waals surface area contributed by atoms with Crippen molar-refractivity contribution >= 4 is 11.5 Å². The first-order chi connectivity index (χ1) is 15.4. The molecule has 9 nitrogen and oxygen atoms in total. The van der Waals surface area contributed by atoms with E-state index in [0.29, 0.717) is 12.8 Å². The lowest BCUT2D eigenvalue weighted by Crippen LogP contribution is -2.51. The van der Waals surface area contributed by atoms with Gasteiger partial charge in [0.05, 0.1) is 0 Å². The number of hydrogen-bond acceptors (Lipinski definition) is 6. The van der Waals surface area contributed by atoms with Crippen LogP contribution in [0.2, 0.25) is 0 Å². The number of imidazole rings is 2. The summed E-state index contributed by atoms with van der Waals surface area (Å²) in [6.07, 6.45) is 10.8. The van der Waals surface area contributed by atoms with Gasteiger partial charge in [-0.1, -0.05) is 0 Å². The van der Waals surface area contributed by atoms with Crippen LogP contribution in [0.15, 0.2) is 30.9 Å². The van der Waals surface area contributed by atoms with Crippen molar-refractivity contribution in [2.75, 3.05) is 4.90 Å². The Hall–Kier alpha value is -3.20. The van der Waals surface area contributed by atoms with Gasteiger partial charge in [-0.3, -0.25) is 0 Å². The maximum Gasteiger partial charge on any atom is 0.160 e. The number of nitrogens with zero attached hydrogens (tertiary/aromatic N) is 8. The summed E-state index contributed by atoms with van der Waals surface area (Å²) >= 11 is 0. The van der Waals surface area contributed by atoms with Crippen molar-refractivity contribution in [3.05, 3.63) is 47.9 Å². The highest BCUT2D eigenvalue weighted by Crippen LogP contribution is 2.47. The van der Waals surface area contributed by atoms with Crippen molar-refractivity contribution in [1.82, 2.24) is 33.7 Å². The highest BCUT2D eigenvalue weighted by Gasteiger charge is 2.51. The molecular formula is C23H28N8O. The fourth-order valence-corrected chi connectivity index (χ4v) is 5.78. The monoisotopic (exact) mass is 432 g/mol. The Morgan fingerprint density at radius 3 is 2.31 bits per heavy atom. The molecule has 6 heterocycles. The normalized spacial score (nSPS) is 25.2. The fraction of sp³-hybridized carbons (Fsp3) is 0.478. The molecule has 0 amide bonds. The third-order valence-corrected chi connectivity index (χ3v) is 7.35. The summed E-state index contributed by atoms with van der Waals surface area (Å²) < 4.78 is 5.89. The Balaban J connectivity index is 1.46. The van der Waals surface area contributed by atoms with Crippen molar-refractivity contribution < 1.29 is 5.11 Å². The predicted octanol–water partition coefficient (Wildman–Crippen LogP) is 2.50. The molecule has 0 radical (unpaired) electrons. The molecule has 0 aromatic carbocycles. The number of aromatic nitrogens is 7. The first-order valence-electron chi connectivity index (χ1n) is 11.2. The van der Waals surface area contributed by atoms with E-state index in [1.54, 1.807) is 12.4 Å². The van der Waals surface area contributed by atoms with Gasteiger partial charge in [0.2, 0.25) is 0 Å². The van der Waals surface area contributed by atoms with Crippen LogP contribution in [0.5, 0.6) is 0 Å². The first kappa shape index (κ1) is 19.5. The number of hydrogen-bond donors (Lipinski definition) is 1. The van der Waals surface area contributed by atoms with E-state index in [-0.39, 0.29) is 12.1 Å². The zero-order valence-corrected chi connectivity index (χ0v) is 18.9. The van der Waals surface area contributed by atoms with E-state index in [2.05, 4.69) is 28.7 Å². The maximum atomic E-state index is 11.6. The van der Waals surface area contributed by atoms with E-state index in [1.807, 2.05) is 46.2 Å². The fourth-order valence-electron chi connectivity index (χ4n) is 5.78. The summed E-state index contributed by atoms with van der Waals surface area (Å²) in [6, 6.07) is 2.45. The van der Waals surface area contributed by atoms with Crippen LogP contribution in [-0.2, 0) is 19.7 Å². The Kier molecular flexibility index (Phi) is 4.05. The van der Waals surface area contributed by atoms with Gasteiger partial charge in [0.1, 0.15) is 22.9 Å². The van der Waals surface area contributed by atoms with E-state index in [9.17, 15) is 5.11 Å². The zero-order valence-electron chi connectivity index (χ0n) is 18.9. The molecule has 166 valence electrons. The molecule has 1 N–H and O–H groups in total. The molecule has 2 aliphatic rings. The van der Waals surface area contributed by atoms with Crippen LogP contribution in [0, 0.1) is 13.8 Å². The third kappa shape index (κ3) is 2.67. The molecular weight excluding hydrogens is 404 g/mol. The first-order valence-corrected chi connectivity index (χ1v) is 11.2. The number of fused-ring (bicyclic) bond motifs is 3. The smallest absolute Gasteiger partial charge is 0.160 e. The third-order valence-electron chi connectivity index (χ3n) is 7.35. The average molecular weight is 433 g/mol. The Labute approximate surface area is 186 Å². The van der Waals surface area contributed by atoms with E-state index >= 15 is 0 Å². The second kappa shape index (κ2) is 6.65. The number of piperidine rings is 1. The van der Waals surface area contributed by atoms with E-state index in [4.69, 9.17) is 10.1 Å². The minimum absolute atomic E-state index is 0.222. The molecule has 0 saturated carbocycles. The molecule has 0 aliphatic carbocycles. The molecule has 0 unspecified atom stereocenters. The van der Waals surface area contributed by atoms with Gasteiger partial charge in [-0.15, -0.1) is 0 Å². The van der Waals surface area contributed by atoms with Crippen LogP contribution in [0.3, 0.4) is 0 Å². The second-order valence-corrected chi connectivity index (χ2v) is 9.40. The van der Waals surface area contributed by atoms with Gasteiger partial charge in [-0.05, 0) is 26.7 Å². The van der Waals surface area contributed by atoms with Crippen LogP contribution in [-0.4, -0.2) is 50.9 Å². The molecule has 2 atom stereocenters. The van der Waals surface area contributed by atoms with Gasteiger partial charge in [-0.25, -0.2) is 15.0 Å². The molecule has 2 fully saturated rings. The molecule has 2 bridgehead atoms. The van der Waals surface area contributed by atoms with Gasteiger partial charge < -0.3 is 19.1 Å². The number of aryl methyl sites for hydroxylation is 3. The van der Waals surface area contributed by atoms with Crippen molar-refractivity contribution in [3.63, 3.8) is 0 Å². The van der Waals surface area contributed by atoms with Gasteiger partial charge in [-0.2, -0.15) is 9.61 Å². The maximum absolute atomic E-state index is 11.6. The van der Waals surface area contributed by atoms with E-state index < -0.39 is 5.60 Å². The molecule has 2 aliphatic heterocycles. The second-order valence-electron chi connectivity index (χ2n) is 9.40. The minimum atomic E-state index is -0.905. The molecule has 0 spiro atoms. The molecule has 32 heavy (non-hydrogen) atoms. The number of anilines is 1.